The quantitative estimate of drug-likeness (QED) is 0.636. The first-order chi connectivity index (χ1) is 11.2. The van der Waals surface area contributed by atoms with Crippen LogP contribution >= 0.6 is 0 Å². The number of aromatic carboxylic acids is 4. The van der Waals surface area contributed by atoms with E-state index in [1.165, 1.54) is 0 Å². The fourth-order valence-electron chi connectivity index (χ4n) is 2.05. The summed E-state index contributed by atoms with van der Waals surface area (Å²) in [5, 5.41) is 36.3. The highest BCUT2D eigenvalue weighted by Gasteiger charge is 2.22. The van der Waals surface area contributed by atoms with Gasteiger partial charge in [0.15, 0.2) is 5.69 Å². The number of hydrogen-bond donors (Lipinski definition) is 4. The highest BCUT2D eigenvalue weighted by molar-refractivity contribution is 6.03. The zero-order valence-corrected chi connectivity index (χ0v) is 11.8. The van der Waals surface area contributed by atoms with Gasteiger partial charge in [0, 0.05) is 5.56 Å². The van der Waals surface area contributed by atoms with Crippen molar-refractivity contribution in [1.29, 1.82) is 0 Å². The van der Waals surface area contributed by atoms with Crippen molar-refractivity contribution in [3.8, 4) is 11.1 Å². The summed E-state index contributed by atoms with van der Waals surface area (Å²) >= 11 is 0. The number of aromatic nitrogens is 1. The van der Waals surface area contributed by atoms with Gasteiger partial charge < -0.3 is 20.4 Å². The fourth-order valence-corrected chi connectivity index (χ4v) is 2.05. The monoisotopic (exact) mass is 331 g/mol. The molecule has 1 aromatic carbocycles. The maximum atomic E-state index is 11.4. The summed E-state index contributed by atoms with van der Waals surface area (Å²) in [6.45, 7) is 0. The molecule has 0 aliphatic carbocycles. The SMILES string of the molecule is O=C(O)c1ccc(-c2ccc(C(=O)O)nc2C(=O)O)c(C(=O)O)c1. The second kappa shape index (κ2) is 6.16. The molecule has 0 saturated carbocycles. The van der Waals surface area contributed by atoms with Gasteiger partial charge in [-0.15, -0.1) is 0 Å². The van der Waals surface area contributed by atoms with E-state index in [4.69, 9.17) is 10.2 Å². The first-order valence-corrected chi connectivity index (χ1v) is 6.31. The van der Waals surface area contributed by atoms with Crippen LogP contribution in [0.1, 0.15) is 41.7 Å². The molecule has 1 heterocycles. The van der Waals surface area contributed by atoms with Gasteiger partial charge in [0.05, 0.1) is 11.1 Å². The third-order valence-corrected chi connectivity index (χ3v) is 3.10. The molecule has 0 atom stereocenters. The predicted octanol–water partition coefficient (Wildman–Crippen LogP) is 1.54. The topological polar surface area (TPSA) is 162 Å². The maximum Gasteiger partial charge on any atom is 0.355 e. The van der Waals surface area contributed by atoms with E-state index in [1.807, 2.05) is 0 Å². The van der Waals surface area contributed by atoms with Crippen molar-refractivity contribution >= 4 is 23.9 Å². The molecule has 0 spiro atoms. The van der Waals surface area contributed by atoms with Crippen LogP contribution < -0.4 is 0 Å². The zero-order chi connectivity index (χ0) is 18.0. The van der Waals surface area contributed by atoms with Gasteiger partial charge in [-0.25, -0.2) is 24.2 Å². The van der Waals surface area contributed by atoms with Crippen molar-refractivity contribution in [3.05, 3.63) is 52.8 Å². The van der Waals surface area contributed by atoms with Gasteiger partial charge in [-0.05, 0) is 29.8 Å². The lowest BCUT2D eigenvalue weighted by Crippen LogP contribution is -2.11. The number of rotatable bonds is 5. The molecule has 0 unspecified atom stereocenters. The Morgan fingerprint density at radius 1 is 0.708 bits per heavy atom. The first-order valence-electron chi connectivity index (χ1n) is 6.31. The van der Waals surface area contributed by atoms with E-state index in [2.05, 4.69) is 4.98 Å². The Kier molecular flexibility index (Phi) is 4.27. The van der Waals surface area contributed by atoms with Crippen LogP contribution in [-0.2, 0) is 0 Å². The minimum Gasteiger partial charge on any atom is -0.478 e. The van der Waals surface area contributed by atoms with Crippen LogP contribution in [-0.4, -0.2) is 49.3 Å². The Bertz CT molecular complexity index is 814. The van der Waals surface area contributed by atoms with Crippen molar-refractivity contribution in [1.82, 2.24) is 4.98 Å². The molecule has 0 amide bonds. The Hall–Kier alpha value is -3.75. The van der Waals surface area contributed by atoms with Crippen molar-refractivity contribution in [2.75, 3.05) is 0 Å². The molecule has 122 valence electrons. The van der Waals surface area contributed by atoms with Gasteiger partial charge in [-0.2, -0.15) is 0 Å². The molecule has 0 radical (unpaired) electrons. The molecule has 0 aliphatic rings. The van der Waals surface area contributed by atoms with Crippen molar-refractivity contribution in [2.45, 2.75) is 0 Å². The third-order valence-electron chi connectivity index (χ3n) is 3.10. The molecule has 2 aromatic rings. The van der Waals surface area contributed by atoms with Crippen LogP contribution in [0.25, 0.3) is 11.1 Å². The lowest BCUT2D eigenvalue weighted by atomic mass is 9.96. The zero-order valence-electron chi connectivity index (χ0n) is 11.8. The normalized spacial score (nSPS) is 10.2. The highest BCUT2D eigenvalue weighted by atomic mass is 16.4. The molecule has 0 bridgehead atoms. The van der Waals surface area contributed by atoms with E-state index in [-0.39, 0.29) is 16.7 Å². The first kappa shape index (κ1) is 16.6. The summed E-state index contributed by atoms with van der Waals surface area (Å²) in [5.41, 5.74) is -2.13. The molecular weight excluding hydrogens is 322 g/mol. The average molecular weight is 331 g/mol. The van der Waals surface area contributed by atoms with Crippen LogP contribution in [0.5, 0.6) is 0 Å². The molecule has 0 fully saturated rings. The van der Waals surface area contributed by atoms with E-state index >= 15 is 0 Å². The Balaban J connectivity index is 2.76. The molecule has 0 aliphatic heterocycles. The van der Waals surface area contributed by atoms with E-state index < -0.39 is 40.8 Å². The summed E-state index contributed by atoms with van der Waals surface area (Å²) in [4.78, 5) is 48.1. The Morgan fingerprint density at radius 2 is 1.33 bits per heavy atom. The minimum absolute atomic E-state index is 0.0886. The van der Waals surface area contributed by atoms with E-state index in [0.29, 0.717) is 0 Å². The van der Waals surface area contributed by atoms with Gasteiger partial charge in [0.1, 0.15) is 5.69 Å². The molecule has 24 heavy (non-hydrogen) atoms. The lowest BCUT2D eigenvalue weighted by Gasteiger charge is -2.10. The van der Waals surface area contributed by atoms with E-state index in [0.717, 1.165) is 30.3 Å². The highest BCUT2D eigenvalue weighted by Crippen LogP contribution is 2.28. The smallest absolute Gasteiger partial charge is 0.355 e. The summed E-state index contributed by atoms with van der Waals surface area (Å²) < 4.78 is 0. The van der Waals surface area contributed by atoms with Gasteiger partial charge in [-0.1, -0.05) is 6.07 Å². The second-order valence-corrected chi connectivity index (χ2v) is 4.57. The number of carboxylic acid groups (broad SMARTS) is 4. The van der Waals surface area contributed by atoms with Crippen LogP contribution in [0.3, 0.4) is 0 Å². The predicted molar refractivity (Wildman–Crippen MR) is 77.5 cm³/mol. The Labute approximate surface area is 133 Å². The maximum absolute atomic E-state index is 11.4. The van der Waals surface area contributed by atoms with Gasteiger partial charge in [0.2, 0.25) is 0 Å². The van der Waals surface area contributed by atoms with Crippen LogP contribution in [0.2, 0.25) is 0 Å². The third kappa shape index (κ3) is 3.04. The number of carboxylic acids is 4. The average Bonchev–Trinajstić information content (AvgIpc) is 2.53. The number of hydrogen-bond acceptors (Lipinski definition) is 5. The fraction of sp³-hybridized carbons (Fsp3) is 0. The van der Waals surface area contributed by atoms with Crippen molar-refractivity contribution < 1.29 is 39.6 Å². The largest absolute Gasteiger partial charge is 0.478 e. The lowest BCUT2D eigenvalue weighted by molar-refractivity contribution is 0.0668. The van der Waals surface area contributed by atoms with Gasteiger partial charge >= 0.3 is 23.9 Å². The van der Waals surface area contributed by atoms with E-state index in [1.54, 1.807) is 0 Å². The molecule has 4 N–H and O–H groups in total. The van der Waals surface area contributed by atoms with E-state index in [9.17, 15) is 29.4 Å². The van der Waals surface area contributed by atoms with Gasteiger partial charge in [-0.3, -0.25) is 0 Å². The molecule has 1 aromatic heterocycles. The molecule has 2 rings (SSSR count). The second-order valence-electron chi connectivity index (χ2n) is 4.57. The molecular formula is C15H9NO8. The minimum atomic E-state index is -1.55. The molecule has 9 nitrogen and oxygen atoms in total. The molecule has 0 saturated heterocycles. The van der Waals surface area contributed by atoms with Crippen molar-refractivity contribution in [2.24, 2.45) is 0 Å². The number of carbonyl (C=O) groups is 4. The number of nitrogens with zero attached hydrogens (tertiary/aromatic N) is 1. The summed E-state index contributed by atoms with van der Waals surface area (Å²) in [6, 6.07) is 5.28. The number of benzene rings is 1. The summed E-state index contributed by atoms with van der Waals surface area (Å²) in [5.74, 6) is -5.80. The van der Waals surface area contributed by atoms with Crippen molar-refractivity contribution in [3.63, 3.8) is 0 Å². The van der Waals surface area contributed by atoms with Crippen LogP contribution in [0.4, 0.5) is 0 Å². The summed E-state index contributed by atoms with van der Waals surface area (Å²) in [7, 11) is 0. The molecule has 9 heteroatoms. The summed E-state index contributed by atoms with van der Waals surface area (Å²) in [6.07, 6.45) is 0. The standard InChI is InChI=1S/C15H9NO8/c17-12(18)6-1-2-7(9(5-6)13(19)20)8-3-4-10(14(21)22)16-11(8)15(23)24/h1-5H,(H,17,18)(H,19,20)(H,21,22)(H,23,24). The van der Waals surface area contributed by atoms with Crippen LogP contribution in [0, 0.1) is 0 Å². The number of pyridine rings is 1. The van der Waals surface area contributed by atoms with Gasteiger partial charge in [0.25, 0.3) is 0 Å². The van der Waals surface area contributed by atoms with Crippen LogP contribution in [0.15, 0.2) is 30.3 Å². The Morgan fingerprint density at radius 3 is 1.83 bits per heavy atom.